The zero-order chi connectivity index (χ0) is 12.0. The molecule has 3 nitrogen and oxygen atoms in total. The van der Waals surface area contributed by atoms with Gasteiger partial charge in [0.25, 0.3) is 0 Å². The molecule has 1 saturated heterocycles. The van der Waals surface area contributed by atoms with Gasteiger partial charge in [-0.3, -0.25) is 4.98 Å². The van der Waals surface area contributed by atoms with Crippen LogP contribution in [0, 0.1) is 6.92 Å². The van der Waals surface area contributed by atoms with Gasteiger partial charge in [0.15, 0.2) is 0 Å². The third kappa shape index (κ3) is 2.64. The molecule has 0 atom stereocenters. The van der Waals surface area contributed by atoms with Crippen LogP contribution in [0.5, 0.6) is 0 Å². The SMILES string of the molecule is Cc1ccc(B2OC(C)(C)C(C)(C)O2)cn1.Cl. The highest BCUT2D eigenvalue weighted by molar-refractivity contribution is 6.62. The van der Waals surface area contributed by atoms with Crippen molar-refractivity contribution in [1.29, 1.82) is 0 Å². The number of nitrogens with zero attached hydrogens (tertiary/aromatic N) is 1. The van der Waals surface area contributed by atoms with E-state index >= 15 is 0 Å². The molecule has 1 aliphatic rings. The van der Waals surface area contributed by atoms with Crippen LogP contribution in [-0.2, 0) is 9.31 Å². The maximum absolute atomic E-state index is 5.93. The standard InChI is InChI=1S/C12H18BNO2.ClH/c1-9-6-7-10(8-14-9)13-15-11(2,3)12(4,5)16-13;/h6-8H,1-5H3;1H. The van der Waals surface area contributed by atoms with E-state index in [4.69, 9.17) is 9.31 Å². The van der Waals surface area contributed by atoms with Crippen LogP contribution < -0.4 is 5.46 Å². The van der Waals surface area contributed by atoms with Crippen molar-refractivity contribution in [2.45, 2.75) is 45.8 Å². The molecule has 94 valence electrons. The van der Waals surface area contributed by atoms with Gasteiger partial charge in [0.2, 0.25) is 0 Å². The summed E-state index contributed by atoms with van der Waals surface area (Å²) >= 11 is 0. The molecule has 0 saturated carbocycles. The number of hydrogen-bond acceptors (Lipinski definition) is 3. The van der Waals surface area contributed by atoms with Gasteiger partial charge in [0, 0.05) is 17.4 Å². The third-order valence-corrected chi connectivity index (χ3v) is 3.46. The Balaban J connectivity index is 0.00000144. The molecule has 2 heterocycles. The smallest absolute Gasteiger partial charge is 0.399 e. The molecule has 1 aromatic rings. The fourth-order valence-electron chi connectivity index (χ4n) is 1.60. The van der Waals surface area contributed by atoms with Crippen LogP contribution in [0.4, 0.5) is 0 Å². The Morgan fingerprint density at radius 3 is 2.00 bits per heavy atom. The summed E-state index contributed by atoms with van der Waals surface area (Å²) in [5, 5.41) is 0. The number of hydrogen-bond donors (Lipinski definition) is 0. The number of rotatable bonds is 1. The molecule has 1 fully saturated rings. The first-order valence-electron chi connectivity index (χ1n) is 5.60. The van der Waals surface area contributed by atoms with Gasteiger partial charge in [0.1, 0.15) is 0 Å². The van der Waals surface area contributed by atoms with Crippen LogP contribution in [0.25, 0.3) is 0 Å². The molecule has 0 bridgehead atoms. The molecule has 0 aliphatic carbocycles. The second-order valence-electron chi connectivity index (χ2n) is 5.32. The van der Waals surface area contributed by atoms with Crippen LogP contribution in [-0.4, -0.2) is 23.3 Å². The van der Waals surface area contributed by atoms with E-state index in [0.29, 0.717) is 0 Å². The summed E-state index contributed by atoms with van der Waals surface area (Å²) in [6.45, 7) is 10.2. The Kier molecular flexibility index (Phi) is 3.92. The van der Waals surface area contributed by atoms with Crippen molar-refractivity contribution >= 4 is 25.0 Å². The summed E-state index contributed by atoms with van der Waals surface area (Å²) in [6, 6.07) is 3.98. The molecule has 1 aliphatic heterocycles. The first-order valence-corrected chi connectivity index (χ1v) is 5.60. The molecule has 0 spiro atoms. The molecule has 0 aromatic carbocycles. The van der Waals surface area contributed by atoms with Gasteiger partial charge in [-0.1, -0.05) is 6.07 Å². The lowest BCUT2D eigenvalue weighted by atomic mass is 9.80. The fourth-order valence-corrected chi connectivity index (χ4v) is 1.60. The van der Waals surface area contributed by atoms with Crippen LogP contribution in [0.3, 0.4) is 0 Å². The minimum atomic E-state index is -0.307. The van der Waals surface area contributed by atoms with Crippen molar-refractivity contribution in [1.82, 2.24) is 4.98 Å². The maximum Gasteiger partial charge on any atom is 0.496 e. The Hall–Kier alpha value is -0.575. The zero-order valence-electron chi connectivity index (χ0n) is 11.0. The number of aromatic nitrogens is 1. The van der Waals surface area contributed by atoms with Crippen LogP contribution in [0.1, 0.15) is 33.4 Å². The topological polar surface area (TPSA) is 31.4 Å². The van der Waals surface area contributed by atoms with Gasteiger partial charge in [-0.25, -0.2) is 0 Å². The Bertz CT molecular complexity index is 376. The van der Waals surface area contributed by atoms with Crippen LogP contribution in [0.2, 0.25) is 0 Å². The predicted octanol–water partition coefficient (Wildman–Crippen LogP) is 2.11. The molecule has 0 unspecified atom stereocenters. The lowest BCUT2D eigenvalue weighted by molar-refractivity contribution is 0.00578. The highest BCUT2D eigenvalue weighted by Crippen LogP contribution is 2.36. The lowest BCUT2D eigenvalue weighted by Crippen LogP contribution is -2.41. The van der Waals surface area contributed by atoms with Crippen LogP contribution in [0.15, 0.2) is 18.3 Å². The van der Waals surface area contributed by atoms with E-state index in [0.717, 1.165) is 11.2 Å². The molecule has 0 N–H and O–H groups in total. The third-order valence-electron chi connectivity index (χ3n) is 3.46. The second-order valence-corrected chi connectivity index (χ2v) is 5.32. The Labute approximate surface area is 109 Å². The monoisotopic (exact) mass is 255 g/mol. The van der Waals surface area contributed by atoms with Crippen molar-refractivity contribution in [3.05, 3.63) is 24.0 Å². The van der Waals surface area contributed by atoms with Gasteiger partial charge in [-0.2, -0.15) is 0 Å². The lowest BCUT2D eigenvalue weighted by Gasteiger charge is -2.32. The van der Waals surface area contributed by atoms with Crippen molar-refractivity contribution < 1.29 is 9.31 Å². The quantitative estimate of drug-likeness (QED) is 0.720. The minimum absolute atomic E-state index is 0. The van der Waals surface area contributed by atoms with Gasteiger partial charge < -0.3 is 9.31 Å². The zero-order valence-corrected chi connectivity index (χ0v) is 11.8. The van der Waals surface area contributed by atoms with Gasteiger partial charge in [0.05, 0.1) is 11.2 Å². The normalized spacial score (nSPS) is 21.1. The highest BCUT2D eigenvalue weighted by atomic mass is 35.5. The predicted molar refractivity (Wildman–Crippen MR) is 71.9 cm³/mol. The molecule has 1 aromatic heterocycles. The number of halogens is 1. The van der Waals surface area contributed by atoms with Gasteiger partial charge >= 0.3 is 7.12 Å². The summed E-state index contributed by atoms with van der Waals surface area (Å²) in [5.41, 5.74) is 1.40. The Morgan fingerprint density at radius 1 is 1.06 bits per heavy atom. The van der Waals surface area contributed by atoms with E-state index < -0.39 is 0 Å². The number of aryl methyl sites for hydroxylation is 1. The molecular weight excluding hydrogens is 236 g/mol. The van der Waals surface area contributed by atoms with Gasteiger partial charge in [-0.15, -0.1) is 12.4 Å². The van der Waals surface area contributed by atoms with Crippen LogP contribution >= 0.6 is 12.4 Å². The summed E-state index contributed by atoms with van der Waals surface area (Å²) in [6.07, 6.45) is 1.82. The first-order chi connectivity index (χ1) is 7.32. The van der Waals surface area contributed by atoms with E-state index in [1.165, 1.54) is 0 Å². The van der Waals surface area contributed by atoms with Crippen molar-refractivity contribution in [3.8, 4) is 0 Å². The molecule has 0 amide bonds. The molecule has 17 heavy (non-hydrogen) atoms. The van der Waals surface area contributed by atoms with E-state index in [1.54, 1.807) is 0 Å². The summed E-state index contributed by atoms with van der Waals surface area (Å²) in [5.74, 6) is 0. The minimum Gasteiger partial charge on any atom is -0.399 e. The number of pyridine rings is 1. The average Bonchev–Trinajstić information content (AvgIpc) is 2.37. The Morgan fingerprint density at radius 2 is 1.59 bits per heavy atom. The molecule has 2 rings (SSSR count). The molecular formula is C12H19BClNO2. The fraction of sp³-hybridized carbons (Fsp3) is 0.583. The van der Waals surface area contributed by atoms with Crippen molar-refractivity contribution in [3.63, 3.8) is 0 Å². The molecule has 5 heteroatoms. The van der Waals surface area contributed by atoms with Crippen molar-refractivity contribution in [2.24, 2.45) is 0 Å². The second kappa shape index (κ2) is 4.60. The van der Waals surface area contributed by atoms with E-state index in [1.807, 2.05) is 25.3 Å². The van der Waals surface area contributed by atoms with E-state index in [9.17, 15) is 0 Å². The van der Waals surface area contributed by atoms with E-state index in [-0.39, 0.29) is 30.7 Å². The largest absolute Gasteiger partial charge is 0.496 e. The average molecular weight is 256 g/mol. The summed E-state index contributed by atoms with van der Waals surface area (Å²) in [7, 11) is -0.307. The molecule has 0 radical (unpaired) electrons. The highest BCUT2D eigenvalue weighted by Gasteiger charge is 2.51. The summed E-state index contributed by atoms with van der Waals surface area (Å²) < 4.78 is 11.9. The van der Waals surface area contributed by atoms with Gasteiger partial charge in [-0.05, 0) is 40.7 Å². The summed E-state index contributed by atoms with van der Waals surface area (Å²) in [4.78, 5) is 4.26. The van der Waals surface area contributed by atoms with Crippen molar-refractivity contribution in [2.75, 3.05) is 0 Å². The first kappa shape index (κ1) is 14.5. The maximum atomic E-state index is 5.93. The van der Waals surface area contributed by atoms with E-state index in [2.05, 4.69) is 32.7 Å².